The Labute approximate surface area is 167 Å². The van der Waals surface area contributed by atoms with Crippen LogP contribution < -0.4 is 14.8 Å². The zero-order valence-corrected chi connectivity index (χ0v) is 17.4. The van der Waals surface area contributed by atoms with Gasteiger partial charge in [0.25, 0.3) is 0 Å². The number of benzene rings is 2. The summed E-state index contributed by atoms with van der Waals surface area (Å²) in [6, 6.07) is 16.0. The number of hydrogen-bond donors (Lipinski definition) is 2. The van der Waals surface area contributed by atoms with Crippen molar-refractivity contribution in [2.75, 3.05) is 19.7 Å². The highest BCUT2D eigenvalue weighted by atomic mass is 32.2. The first-order valence-corrected chi connectivity index (χ1v) is 10.7. The summed E-state index contributed by atoms with van der Waals surface area (Å²) in [6.07, 6.45) is 0.0618. The lowest BCUT2D eigenvalue weighted by molar-refractivity contribution is -0.121. The highest BCUT2D eigenvalue weighted by Crippen LogP contribution is 2.24. The fourth-order valence-corrected chi connectivity index (χ4v) is 3.53. The van der Waals surface area contributed by atoms with Gasteiger partial charge in [0.2, 0.25) is 15.9 Å². The summed E-state index contributed by atoms with van der Waals surface area (Å²) in [5.74, 6) is 0.514. The summed E-state index contributed by atoms with van der Waals surface area (Å²) in [4.78, 5) is 12.0. The van der Waals surface area contributed by atoms with E-state index in [-0.39, 0.29) is 29.2 Å². The second-order valence-corrected chi connectivity index (χ2v) is 9.20. The number of sulfonamides is 1. The predicted octanol–water partition coefficient (Wildman–Crippen LogP) is 2.85. The molecule has 2 aromatic rings. The van der Waals surface area contributed by atoms with Crippen molar-refractivity contribution in [1.29, 1.82) is 0 Å². The Morgan fingerprint density at radius 3 is 2.21 bits per heavy atom. The Morgan fingerprint density at radius 2 is 1.61 bits per heavy atom. The van der Waals surface area contributed by atoms with E-state index in [1.165, 1.54) is 17.7 Å². The molecule has 7 heteroatoms. The molecule has 0 spiro atoms. The van der Waals surface area contributed by atoms with Crippen LogP contribution >= 0.6 is 0 Å². The average molecular weight is 405 g/mol. The van der Waals surface area contributed by atoms with Gasteiger partial charge in [0.15, 0.2) is 0 Å². The SMILES string of the molecule is CC(C)(C)c1ccc(OCCNC(=O)CCNS(=O)(=O)c2ccccc2)cc1. The molecular formula is C21H28N2O4S. The van der Waals surface area contributed by atoms with Crippen molar-refractivity contribution in [2.24, 2.45) is 0 Å². The molecular weight excluding hydrogens is 376 g/mol. The first kappa shape index (κ1) is 21.9. The second kappa shape index (κ2) is 9.71. The van der Waals surface area contributed by atoms with Crippen LogP contribution in [0.5, 0.6) is 5.75 Å². The van der Waals surface area contributed by atoms with Crippen LogP contribution in [-0.2, 0) is 20.2 Å². The maximum Gasteiger partial charge on any atom is 0.240 e. The first-order chi connectivity index (χ1) is 13.2. The van der Waals surface area contributed by atoms with E-state index in [0.29, 0.717) is 13.2 Å². The Balaban J connectivity index is 1.65. The van der Waals surface area contributed by atoms with E-state index in [1.807, 2.05) is 24.3 Å². The number of carbonyl (C=O) groups excluding carboxylic acids is 1. The minimum atomic E-state index is -3.59. The lowest BCUT2D eigenvalue weighted by Crippen LogP contribution is -2.32. The van der Waals surface area contributed by atoms with Crippen molar-refractivity contribution in [3.05, 3.63) is 60.2 Å². The highest BCUT2D eigenvalue weighted by Gasteiger charge is 2.14. The topological polar surface area (TPSA) is 84.5 Å². The van der Waals surface area contributed by atoms with E-state index in [0.717, 1.165) is 5.75 Å². The van der Waals surface area contributed by atoms with Crippen LogP contribution in [0, 0.1) is 0 Å². The number of amides is 1. The monoisotopic (exact) mass is 404 g/mol. The lowest BCUT2D eigenvalue weighted by atomic mass is 9.87. The summed E-state index contributed by atoms with van der Waals surface area (Å²) >= 11 is 0. The highest BCUT2D eigenvalue weighted by molar-refractivity contribution is 7.89. The third-order valence-corrected chi connectivity index (χ3v) is 5.59. The largest absolute Gasteiger partial charge is 0.492 e. The third kappa shape index (κ3) is 6.98. The Morgan fingerprint density at radius 1 is 0.964 bits per heavy atom. The van der Waals surface area contributed by atoms with Gasteiger partial charge < -0.3 is 10.1 Å². The van der Waals surface area contributed by atoms with E-state index in [4.69, 9.17) is 4.74 Å². The summed E-state index contributed by atoms with van der Waals surface area (Å²) in [6.45, 7) is 7.19. The van der Waals surface area contributed by atoms with E-state index in [9.17, 15) is 13.2 Å². The fraction of sp³-hybridized carbons (Fsp3) is 0.381. The van der Waals surface area contributed by atoms with Gasteiger partial charge in [-0.25, -0.2) is 13.1 Å². The molecule has 0 bridgehead atoms. The summed E-state index contributed by atoms with van der Waals surface area (Å²) in [7, 11) is -3.59. The summed E-state index contributed by atoms with van der Waals surface area (Å²) in [5, 5.41) is 2.72. The molecule has 0 aliphatic carbocycles. The van der Waals surface area contributed by atoms with Gasteiger partial charge in [0, 0.05) is 13.0 Å². The molecule has 1 amide bonds. The molecule has 2 rings (SSSR count). The average Bonchev–Trinajstić information content (AvgIpc) is 2.65. The van der Waals surface area contributed by atoms with Crippen molar-refractivity contribution in [3.8, 4) is 5.75 Å². The maximum atomic E-state index is 12.1. The van der Waals surface area contributed by atoms with Crippen LogP contribution in [0.25, 0.3) is 0 Å². The van der Waals surface area contributed by atoms with Crippen LogP contribution in [0.2, 0.25) is 0 Å². The number of nitrogens with one attached hydrogen (secondary N) is 2. The number of rotatable bonds is 9. The molecule has 0 saturated heterocycles. The van der Waals surface area contributed by atoms with Gasteiger partial charge in [-0.2, -0.15) is 0 Å². The Hall–Kier alpha value is -2.38. The summed E-state index contributed by atoms with van der Waals surface area (Å²) < 4.78 is 32.1. The van der Waals surface area contributed by atoms with Gasteiger partial charge in [-0.3, -0.25) is 4.79 Å². The molecule has 0 aromatic heterocycles. The molecule has 152 valence electrons. The van der Waals surface area contributed by atoms with Crippen LogP contribution in [0.3, 0.4) is 0 Å². The Bertz CT molecular complexity index is 858. The maximum absolute atomic E-state index is 12.1. The molecule has 2 N–H and O–H groups in total. The molecule has 0 fully saturated rings. The smallest absolute Gasteiger partial charge is 0.240 e. The molecule has 0 aliphatic heterocycles. The molecule has 6 nitrogen and oxygen atoms in total. The van der Waals surface area contributed by atoms with E-state index in [1.54, 1.807) is 18.2 Å². The Kier molecular flexibility index (Phi) is 7.60. The molecule has 0 heterocycles. The minimum absolute atomic E-state index is 0.0399. The zero-order valence-electron chi connectivity index (χ0n) is 16.6. The molecule has 0 radical (unpaired) electrons. The first-order valence-electron chi connectivity index (χ1n) is 9.23. The van der Waals surface area contributed by atoms with Gasteiger partial charge in [-0.1, -0.05) is 51.1 Å². The van der Waals surface area contributed by atoms with Crippen molar-refractivity contribution >= 4 is 15.9 Å². The molecule has 28 heavy (non-hydrogen) atoms. The van der Waals surface area contributed by atoms with Gasteiger partial charge in [0.1, 0.15) is 12.4 Å². The minimum Gasteiger partial charge on any atom is -0.492 e. The fourth-order valence-electron chi connectivity index (χ4n) is 2.48. The molecule has 0 unspecified atom stereocenters. The van der Waals surface area contributed by atoms with Crippen LogP contribution in [0.4, 0.5) is 0 Å². The van der Waals surface area contributed by atoms with Crippen molar-refractivity contribution in [3.63, 3.8) is 0 Å². The number of ether oxygens (including phenoxy) is 1. The second-order valence-electron chi connectivity index (χ2n) is 7.43. The van der Waals surface area contributed by atoms with Crippen molar-refractivity contribution < 1.29 is 17.9 Å². The van der Waals surface area contributed by atoms with Crippen LogP contribution in [0.1, 0.15) is 32.8 Å². The van der Waals surface area contributed by atoms with E-state index in [2.05, 4.69) is 30.8 Å². The van der Waals surface area contributed by atoms with Gasteiger partial charge >= 0.3 is 0 Å². The van der Waals surface area contributed by atoms with Gasteiger partial charge in [-0.15, -0.1) is 0 Å². The molecule has 0 saturated carbocycles. The van der Waals surface area contributed by atoms with E-state index < -0.39 is 10.0 Å². The third-order valence-electron chi connectivity index (χ3n) is 4.11. The standard InChI is InChI=1S/C21H28N2O4S/c1-21(2,3)17-9-11-18(12-10-17)27-16-15-22-20(24)13-14-23-28(25,26)19-7-5-4-6-8-19/h4-12,23H,13-16H2,1-3H3,(H,22,24). The molecule has 2 aromatic carbocycles. The quantitative estimate of drug-likeness (QED) is 0.630. The lowest BCUT2D eigenvalue weighted by Gasteiger charge is -2.19. The predicted molar refractivity (Wildman–Crippen MR) is 110 cm³/mol. The number of carbonyl (C=O) groups is 1. The van der Waals surface area contributed by atoms with Crippen molar-refractivity contribution in [2.45, 2.75) is 37.5 Å². The van der Waals surface area contributed by atoms with Crippen LogP contribution in [0.15, 0.2) is 59.5 Å². The molecule has 0 aliphatic rings. The summed E-state index contributed by atoms with van der Waals surface area (Å²) in [5.41, 5.74) is 1.32. The van der Waals surface area contributed by atoms with Gasteiger partial charge in [0.05, 0.1) is 11.4 Å². The zero-order chi connectivity index (χ0) is 20.6. The normalized spacial score (nSPS) is 11.8. The molecule has 0 atom stereocenters. The van der Waals surface area contributed by atoms with Crippen LogP contribution in [-0.4, -0.2) is 34.0 Å². The number of hydrogen-bond acceptors (Lipinski definition) is 4. The van der Waals surface area contributed by atoms with E-state index >= 15 is 0 Å². The van der Waals surface area contributed by atoms with Gasteiger partial charge in [-0.05, 0) is 35.2 Å². The van der Waals surface area contributed by atoms with Crippen molar-refractivity contribution in [1.82, 2.24) is 10.0 Å².